The Hall–Kier alpha value is -1.13. The molecule has 2 rings (SSSR count). The molecule has 0 saturated heterocycles. The van der Waals surface area contributed by atoms with E-state index in [4.69, 9.17) is 11.6 Å². The maximum absolute atomic E-state index is 12.2. The Bertz CT molecular complexity index is 624. The summed E-state index contributed by atoms with van der Waals surface area (Å²) in [6.07, 6.45) is 3.24. The molecule has 0 fully saturated rings. The van der Waals surface area contributed by atoms with Crippen molar-refractivity contribution >= 4 is 33.3 Å². The monoisotopic (exact) mass is 354 g/mol. The molecule has 2 aromatic rings. The maximum Gasteiger partial charge on any atom is 0.168 e. The third-order valence-corrected chi connectivity index (χ3v) is 4.50. The van der Waals surface area contributed by atoms with Crippen LogP contribution in [0.2, 0.25) is 5.02 Å². The summed E-state index contributed by atoms with van der Waals surface area (Å²) in [5.74, 6) is 0.0387. The first kappa shape index (κ1) is 15.3. The van der Waals surface area contributed by atoms with E-state index in [1.165, 1.54) is 0 Å². The predicted molar refractivity (Wildman–Crippen MR) is 84.4 cm³/mol. The lowest BCUT2D eigenvalue weighted by Crippen LogP contribution is -2.07. The summed E-state index contributed by atoms with van der Waals surface area (Å²) in [4.78, 5) is 12.2. The second-order valence-electron chi connectivity index (χ2n) is 4.77. The first-order chi connectivity index (χ1) is 9.51. The van der Waals surface area contributed by atoms with Gasteiger partial charge in [0.1, 0.15) is 0 Å². The number of carbonyl (C=O) groups is 1. The van der Waals surface area contributed by atoms with Crippen LogP contribution in [0.4, 0.5) is 0 Å². The van der Waals surface area contributed by atoms with E-state index in [1.807, 2.05) is 16.9 Å². The highest BCUT2D eigenvalue weighted by Crippen LogP contribution is 2.23. The van der Waals surface area contributed by atoms with Crippen LogP contribution in [-0.4, -0.2) is 15.6 Å². The van der Waals surface area contributed by atoms with Crippen LogP contribution >= 0.6 is 27.5 Å². The molecule has 0 bridgehead atoms. The third-order valence-electron chi connectivity index (χ3n) is 3.29. The van der Waals surface area contributed by atoms with E-state index in [1.54, 1.807) is 18.2 Å². The van der Waals surface area contributed by atoms with Gasteiger partial charge in [0.15, 0.2) is 5.78 Å². The zero-order chi connectivity index (χ0) is 14.7. The molecule has 1 heterocycles. The highest BCUT2D eigenvalue weighted by atomic mass is 79.9. The second-order valence-corrected chi connectivity index (χ2v) is 6.03. The molecule has 106 valence electrons. The Morgan fingerprint density at radius 3 is 2.85 bits per heavy atom. The number of hydrogen-bond donors (Lipinski definition) is 0. The number of Topliss-reactive ketones (excluding diaryl/α,β-unsaturated/α-hetero) is 1. The van der Waals surface area contributed by atoms with E-state index < -0.39 is 0 Å². The lowest BCUT2D eigenvalue weighted by atomic mass is 10.1. The number of rotatable bonds is 5. The van der Waals surface area contributed by atoms with E-state index in [9.17, 15) is 4.79 Å². The van der Waals surface area contributed by atoms with Crippen LogP contribution < -0.4 is 0 Å². The minimum atomic E-state index is 0.0387. The third kappa shape index (κ3) is 3.49. The number of nitrogens with zero attached hydrogens (tertiary/aromatic N) is 2. The fourth-order valence-electron chi connectivity index (χ4n) is 1.84. The van der Waals surface area contributed by atoms with Gasteiger partial charge in [0, 0.05) is 22.3 Å². The van der Waals surface area contributed by atoms with E-state index in [-0.39, 0.29) is 5.78 Å². The number of aromatic nitrogens is 2. The average Bonchev–Trinajstić information content (AvgIpc) is 2.89. The van der Waals surface area contributed by atoms with Gasteiger partial charge in [-0.2, -0.15) is 5.10 Å². The smallest absolute Gasteiger partial charge is 0.168 e. The van der Waals surface area contributed by atoms with Crippen molar-refractivity contribution in [3.8, 4) is 0 Å². The summed E-state index contributed by atoms with van der Waals surface area (Å²) in [5.41, 5.74) is 1.43. The van der Waals surface area contributed by atoms with Gasteiger partial charge in [0.05, 0.1) is 17.1 Å². The van der Waals surface area contributed by atoms with Crippen molar-refractivity contribution in [1.82, 2.24) is 9.78 Å². The van der Waals surface area contributed by atoms with E-state index in [2.05, 4.69) is 34.9 Å². The minimum absolute atomic E-state index is 0.0387. The fourth-order valence-corrected chi connectivity index (χ4v) is 2.34. The first-order valence-electron chi connectivity index (χ1n) is 6.53. The van der Waals surface area contributed by atoms with Gasteiger partial charge in [0.25, 0.3) is 0 Å². The molecular weight excluding hydrogens is 340 g/mol. The number of hydrogen-bond acceptors (Lipinski definition) is 2. The van der Waals surface area contributed by atoms with E-state index in [0.29, 0.717) is 23.0 Å². The Labute approximate surface area is 132 Å². The molecule has 1 aromatic carbocycles. The highest BCUT2D eigenvalue weighted by molar-refractivity contribution is 9.10. The molecule has 3 nitrogen and oxygen atoms in total. The van der Waals surface area contributed by atoms with Crippen molar-refractivity contribution in [3.63, 3.8) is 0 Å². The number of benzene rings is 1. The summed E-state index contributed by atoms with van der Waals surface area (Å²) >= 11 is 9.25. The molecule has 0 aliphatic carbocycles. The van der Waals surface area contributed by atoms with Crippen molar-refractivity contribution in [2.24, 2.45) is 0 Å². The molecule has 20 heavy (non-hydrogen) atoms. The summed E-state index contributed by atoms with van der Waals surface area (Å²) < 4.78 is 2.63. The Morgan fingerprint density at radius 1 is 1.45 bits per heavy atom. The normalized spacial score (nSPS) is 12.4. The fraction of sp³-hybridized carbons (Fsp3) is 0.333. The molecular formula is C15H16BrClN2O. The van der Waals surface area contributed by atoms with Gasteiger partial charge in [0.2, 0.25) is 0 Å². The van der Waals surface area contributed by atoms with Crippen LogP contribution in [0.15, 0.2) is 34.9 Å². The summed E-state index contributed by atoms with van der Waals surface area (Å²) in [5, 5.41) is 5.04. The van der Waals surface area contributed by atoms with Crippen LogP contribution in [-0.2, 0) is 6.42 Å². The summed E-state index contributed by atoms with van der Waals surface area (Å²) in [7, 11) is 0. The standard InChI is InChI=1S/C15H16BrClN2O/c1-3-10(2)19-7-6-12(18-19)9-15(20)11-4-5-14(17)13(16)8-11/h4-8,10H,3,9H2,1-2H3. The predicted octanol–water partition coefficient (Wildman–Crippen LogP) is 4.70. The lowest BCUT2D eigenvalue weighted by Gasteiger charge is -2.08. The molecule has 1 aromatic heterocycles. The van der Waals surface area contributed by atoms with Crippen molar-refractivity contribution in [1.29, 1.82) is 0 Å². The molecule has 0 spiro atoms. The zero-order valence-corrected chi connectivity index (χ0v) is 13.8. The van der Waals surface area contributed by atoms with Crippen LogP contribution in [0.3, 0.4) is 0 Å². The van der Waals surface area contributed by atoms with Gasteiger partial charge in [-0.1, -0.05) is 18.5 Å². The largest absolute Gasteiger partial charge is 0.294 e. The Morgan fingerprint density at radius 2 is 2.20 bits per heavy atom. The van der Waals surface area contributed by atoms with Crippen molar-refractivity contribution < 1.29 is 4.79 Å². The van der Waals surface area contributed by atoms with Crippen molar-refractivity contribution in [2.45, 2.75) is 32.7 Å². The summed E-state index contributed by atoms with van der Waals surface area (Å²) in [6, 6.07) is 7.45. The van der Waals surface area contributed by atoms with Gasteiger partial charge < -0.3 is 0 Å². The molecule has 1 atom stereocenters. The van der Waals surface area contributed by atoms with Gasteiger partial charge >= 0.3 is 0 Å². The van der Waals surface area contributed by atoms with E-state index in [0.717, 1.165) is 16.6 Å². The molecule has 5 heteroatoms. The Balaban J connectivity index is 2.11. The van der Waals surface area contributed by atoms with Crippen LogP contribution in [0.5, 0.6) is 0 Å². The quantitative estimate of drug-likeness (QED) is 0.729. The molecule has 0 radical (unpaired) electrons. The highest BCUT2D eigenvalue weighted by Gasteiger charge is 2.12. The SMILES string of the molecule is CCC(C)n1ccc(CC(=O)c2ccc(Cl)c(Br)c2)n1. The molecule has 0 aliphatic heterocycles. The van der Waals surface area contributed by atoms with Crippen LogP contribution in [0.1, 0.15) is 42.4 Å². The molecule has 0 amide bonds. The molecule has 1 unspecified atom stereocenters. The van der Waals surface area contributed by atoms with Gasteiger partial charge in [-0.15, -0.1) is 0 Å². The molecule has 0 N–H and O–H groups in total. The van der Waals surface area contributed by atoms with Crippen molar-refractivity contribution in [2.75, 3.05) is 0 Å². The van der Waals surface area contributed by atoms with E-state index >= 15 is 0 Å². The number of carbonyl (C=O) groups excluding carboxylic acids is 1. The van der Waals surface area contributed by atoms with Gasteiger partial charge in [-0.3, -0.25) is 9.48 Å². The minimum Gasteiger partial charge on any atom is -0.294 e. The van der Waals surface area contributed by atoms with Crippen molar-refractivity contribution in [3.05, 3.63) is 51.2 Å². The number of halogens is 2. The average molecular weight is 356 g/mol. The summed E-state index contributed by atoms with van der Waals surface area (Å²) in [6.45, 7) is 4.22. The number of ketones is 1. The van der Waals surface area contributed by atoms with Gasteiger partial charge in [-0.25, -0.2) is 0 Å². The zero-order valence-electron chi connectivity index (χ0n) is 11.4. The maximum atomic E-state index is 12.2. The second kappa shape index (κ2) is 6.55. The van der Waals surface area contributed by atoms with Crippen LogP contribution in [0.25, 0.3) is 0 Å². The topological polar surface area (TPSA) is 34.9 Å². The lowest BCUT2D eigenvalue weighted by molar-refractivity contribution is 0.0991. The first-order valence-corrected chi connectivity index (χ1v) is 7.70. The van der Waals surface area contributed by atoms with Gasteiger partial charge in [-0.05, 0) is 53.5 Å². The molecule has 0 aliphatic rings. The van der Waals surface area contributed by atoms with Crippen LogP contribution in [0, 0.1) is 0 Å². The Kier molecular flexibility index (Phi) is 5.00. The molecule has 0 saturated carbocycles.